The van der Waals surface area contributed by atoms with E-state index in [2.05, 4.69) is 15.2 Å². The second-order valence-corrected chi connectivity index (χ2v) is 4.06. The van der Waals surface area contributed by atoms with Crippen LogP contribution in [0.25, 0.3) is 5.69 Å². The standard InChI is InChI=1S/C14H15N3O3/c1-20-13(18)7-9-15-14(19)12-8-10-17(16-12)11-5-3-2-4-6-11/h2-6,8,10H,7,9H2,1H3,(H,15,19). The van der Waals surface area contributed by atoms with Crippen LogP contribution >= 0.6 is 0 Å². The smallest absolute Gasteiger partial charge is 0.307 e. The minimum Gasteiger partial charge on any atom is -0.469 e. The SMILES string of the molecule is COC(=O)CCNC(=O)c1ccn(-c2ccccc2)n1. The Morgan fingerprint density at radius 3 is 2.70 bits per heavy atom. The summed E-state index contributed by atoms with van der Waals surface area (Å²) < 4.78 is 6.11. The summed E-state index contributed by atoms with van der Waals surface area (Å²) in [4.78, 5) is 22.7. The number of hydrogen-bond acceptors (Lipinski definition) is 4. The highest BCUT2D eigenvalue weighted by atomic mass is 16.5. The number of carbonyl (C=O) groups excluding carboxylic acids is 2. The molecule has 0 unspecified atom stereocenters. The molecular formula is C14H15N3O3. The van der Waals surface area contributed by atoms with Crippen LogP contribution in [0.3, 0.4) is 0 Å². The Hall–Kier alpha value is -2.63. The van der Waals surface area contributed by atoms with Crippen LogP contribution < -0.4 is 5.32 Å². The highest BCUT2D eigenvalue weighted by Crippen LogP contribution is 2.06. The topological polar surface area (TPSA) is 73.2 Å². The molecule has 1 amide bonds. The van der Waals surface area contributed by atoms with Crippen molar-refractivity contribution < 1.29 is 14.3 Å². The number of esters is 1. The molecule has 0 aliphatic heterocycles. The van der Waals surface area contributed by atoms with Crippen LogP contribution in [-0.4, -0.2) is 35.3 Å². The molecule has 0 aliphatic rings. The summed E-state index contributed by atoms with van der Waals surface area (Å²) in [6.07, 6.45) is 1.85. The number of para-hydroxylation sites is 1. The fourth-order valence-electron chi connectivity index (χ4n) is 1.64. The number of amides is 1. The number of carbonyl (C=O) groups is 2. The molecule has 1 aromatic heterocycles. The number of nitrogens with zero attached hydrogens (tertiary/aromatic N) is 2. The molecule has 0 saturated carbocycles. The van der Waals surface area contributed by atoms with Gasteiger partial charge in [-0.3, -0.25) is 9.59 Å². The van der Waals surface area contributed by atoms with E-state index >= 15 is 0 Å². The summed E-state index contributed by atoms with van der Waals surface area (Å²) in [7, 11) is 1.31. The van der Waals surface area contributed by atoms with Gasteiger partial charge in [-0.05, 0) is 18.2 Å². The first-order valence-electron chi connectivity index (χ1n) is 6.17. The van der Waals surface area contributed by atoms with E-state index in [4.69, 9.17) is 0 Å². The minimum absolute atomic E-state index is 0.141. The quantitative estimate of drug-likeness (QED) is 0.830. The summed E-state index contributed by atoms with van der Waals surface area (Å²) in [5.74, 6) is -0.677. The molecule has 0 radical (unpaired) electrons. The van der Waals surface area contributed by atoms with E-state index in [1.165, 1.54) is 7.11 Å². The van der Waals surface area contributed by atoms with Gasteiger partial charge in [-0.25, -0.2) is 4.68 Å². The van der Waals surface area contributed by atoms with Crippen LogP contribution in [0.5, 0.6) is 0 Å². The zero-order valence-corrected chi connectivity index (χ0v) is 11.1. The van der Waals surface area contributed by atoms with Crippen LogP contribution in [0.2, 0.25) is 0 Å². The molecule has 2 aromatic rings. The third-order valence-corrected chi connectivity index (χ3v) is 2.68. The van der Waals surface area contributed by atoms with Gasteiger partial charge in [0.25, 0.3) is 5.91 Å². The molecule has 0 fully saturated rings. The molecule has 0 bridgehead atoms. The van der Waals surface area contributed by atoms with Crippen LogP contribution in [0.4, 0.5) is 0 Å². The predicted molar refractivity (Wildman–Crippen MR) is 72.5 cm³/mol. The van der Waals surface area contributed by atoms with E-state index in [0.29, 0.717) is 5.69 Å². The van der Waals surface area contributed by atoms with Crippen molar-refractivity contribution >= 4 is 11.9 Å². The maximum absolute atomic E-state index is 11.8. The lowest BCUT2D eigenvalue weighted by Crippen LogP contribution is -2.26. The lowest BCUT2D eigenvalue weighted by Gasteiger charge is -2.02. The first-order valence-corrected chi connectivity index (χ1v) is 6.17. The van der Waals surface area contributed by atoms with Gasteiger partial charge in [-0.15, -0.1) is 0 Å². The van der Waals surface area contributed by atoms with E-state index in [1.807, 2.05) is 30.3 Å². The van der Waals surface area contributed by atoms with Gasteiger partial charge in [0.05, 0.1) is 19.2 Å². The van der Waals surface area contributed by atoms with E-state index in [9.17, 15) is 9.59 Å². The Labute approximate surface area is 116 Å². The number of nitrogens with one attached hydrogen (secondary N) is 1. The molecule has 0 aliphatic carbocycles. The lowest BCUT2D eigenvalue weighted by molar-refractivity contribution is -0.140. The molecule has 20 heavy (non-hydrogen) atoms. The highest BCUT2D eigenvalue weighted by molar-refractivity contribution is 5.92. The van der Waals surface area contributed by atoms with Gasteiger partial charge in [0.1, 0.15) is 0 Å². The second-order valence-electron chi connectivity index (χ2n) is 4.06. The Bertz CT molecular complexity index is 593. The minimum atomic E-state index is -0.361. The third-order valence-electron chi connectivity index (χ3n) is 2.68. The van der Waals surface area contributed by atoms with E-state index < -0.39 is 0 Å². The second kappa shape index (κ2) is 6.51. The van der Waals surface area contributed by atoms with Gasteiger partial charge in [-0.2, -0.15) is 5.10 Å². The average molecular weight is 273 g/mol. The Balaban J connectivity index is 1.95. The van der Waals surface area contributed by atoms with Gasteiger partial charge in [0.2, 0.25) is 0 Å². The lowest BCUT2D eigenvalue weighted by atomic mass is 10.3. The largest absolute Gasteiger partial charge is 0.469 e. The molecule has 1 heterocycles. The number of ether oxygens (including phenoxy) is 1. The summed E-state index contributed by atoms with van der Waals surface area (Å²) in [5, 5.41) is 6.80. The van der Waals surface area contributed by atoms with Gasteiger partial charge in [0, 0.05) is 12.7 Å². The number of rotatable bonds is 5. The number of benzene rings is 1. The summed E-state index contributed by atoms with van der Waals surface area (Å²) >= 11 is 0. The van der Waals surface area contributed by atoms with Crippen molar-refractivity contribution in [2.45, 2.75) is 6.42 Å². The number of aromatic nitrogens is 2. The Morgan fingerprint density at radius 2 is 2.00 bits per heavy atom. The first kappa shape index (κ1) is 13.8. The maximum atomic E-state index is 11.8. The van der Waals surface area contributed by atoms with Crippen LogP contribution in [0, 0.1) is 0 Å². The van der Waals surface area contributed by atoms with Gasteiger partial charge in [-0.1, -0.05) is 18.2 Å². The Morgan fingerprint density at radius 1 is 1.25 bits per heavy atom. The number of hydrogen-bond donors (Lipinski definition) is 1. The van der Waals surface area contributed by atoms with Crippen molar-refractivity contribution in [3.63, 3.8) is 0 Å². The number of methoxy groups -OCH3 is 1. The third kappa shape index (κ3) is 3.44. The molecule has 0 spiro atoms. The molecule has 2 rings (SSSR count). The molecule has 1 N–H and O–H groups in total. The molecule has 0 saturated heterocycles. The molecule has 6 heteroatoms. The highest BCUT2D eigenvalue weighted by Gasteiger charge is 2.10. The fourth-order valence-corrected chi connectivity index (χ4v) is 1.64. The summed E-state index contributed by atoms with van der Waals surface area (Å²) in [6.45, 7) is 0.226. The van der Waals surface area contributed by atoms with Crippen molar-refractivity contribution in [3.8, 4) is 5.69 Å². The molecule has 1 aromatic carbocycles. The van der Waals surface area contributed by atoms with Crippen molar-refractivity contribution in [2.75, 3.05) is 13.7 Å². The van der Waals surface area contributed by atoms with Gasteiger partial charge >= 0.3 is 5.97 Å². The Kier molecular flexibility index (Phi) is 4.49. The van der Waals surface area contributed by atoms with Crippen molar-refractivity contribution in [1.82, 2.24) is 15.1 Å². The first-order chi connectivity index (χ1) is 9.70. The fraction of sp³-hybridized carbons (Fsp3) is 0.214. The van der Waals surface area contributed by atoms with Gasteiger partial charge in [0.15, 0.2) is 5.69 Å². The summed E-state index contributed by atoms with van der Waals surface area (Å²) in [6, 6.07) is 11.1. The van der Waals surface area contributed by atoms with Crippen molar-refractivity contribution in [3.05, 3.63) is 48.3 Å². The zero-order valence-electron chi connectivity index (χ0n) is 11.1. The van der Waals surface area contributed by atoms with Crippen LogP contribution in [0.15, 0.2) is 42.6 Å². The van der Waals surface area contributed by atoms with Crippen LogP contribution in [-0.2, 0) is 9.53 Å². The molecular weight excluding hydrogens is 258 g/mol. The van der Waals surface area contributed by atoms with Gasteiger partial charge < -0.3 is 10.1 Å². The average Bonchev–Trinajstić information content (AvgIpc) is 2.97. The molecule has 104 valence electrons. The maximum Gasteiger partial charge on any atom is 0.307 e. The van der Waals surface area contributed by atoms with Crippen LogP contribution in [0.1, 0.15) is 16.9 Å². The molecule has 0 atom stereocenters. The van der Waals surface area contributed by atoms with Crippen molar-refractivity contribution in [2.24, 2.45) is 0 Å². The van der Waals surface area contributed by atoms with E-state index in [1.54, 1.807) is 16.9 Å². The predicted octanol–water partition coefficient (Wildman–Crippen LogP) is 1.17. The zero-order chi connectivity index (χ0) is 14.4. The monoisotopic (exact) mass is 273 g/mol. The summed E-state index contributed by atoms with van der Waals surface area (Å²) in [5.41, 5.74) is 1.18. The van der Waals surface area contributed by atoms with Crippen molar-refractivity contribution in [1.29, 1.82) is 0 Å². The van der Waals surface area contributed by atoms with E-state index in [0.717, 1.165) is 5.69 Å². The normalized spacial score (nSPS) is 10.1. The van der Waals surface area contributed by atoms with E-state index in [-0.39, 0.29) is 24.8 Å². The molecule has 6 nitrogen and oxygen atoms in total.